The minimum absolute atomic E-state index is 0.0998. The molecule has 1 aromatic carbocycles. The first-order valence-corrected chi connectivity index (χ1v) is 12.0. The van der Waals surface area contributed by atoms with E-state index in [0.717, 1.165) is 21.1 Å². The molecule has 3 aromatic rings. The summed E-state index contributed by atoms with van der Waals surface area (Å²) in [6.07, 6.45) is 0.825. The normalized spacial score (nSPS) is 11.8. The molecule has 11 heteroatoms. The molecule has 2 amide bonds. The van der Waals surface area contributed by atoms with Gasteiger partial charge in [-0.3, -0.25) is 0 Å². The van der Waals surface area contributed by atoms with Crippen molar-refractivity contribution in [2.24, 2.45) is 0 Å². The summed E-state index contributed by atoms with van der Waals surface area (Å²) in [7, 11) is 0. The lowest BCUT2D eigenvalue weighted by Crippen LogP contribution is -2.34. The number of aromatic nitrogens is 3. The van der Waals surface area contributed by atoms with E-state index in [0.29, 0.717) is 30.4 Å². The number of nitrogens with one attached hydrogen (secondary N) is 4. The van der Waals surface area contributed by atoms with Crippen molar-refractivity contribution in [3.05, 3.63) is 42.1 Å². The molecule has 0 saturated heterocycles. The van der Waals surface area contributed by atoms with Crippen molar-refractivity contribution in [1.29, 1.82) is 0 Å². The van der Waals surface area contributed by atoms with Gasteiger partial charge in [-0.15, -0.1) is 0 Å². The molecule has 2 heterocycles. The van der Waals surface area contributed by atoms with Crippen LogP contribution in [0.1, 0.15) is 26.3 Å². The zero-order valence-corrected chi connectivity index (χ0v) is 20.3. The third kappa shape index (κ3) is 7.11. The van der Waals surface area contributed by atoms with Gasteiger partial charge >= 0.3 is 6.03 Å². The second-order valence-electron chi connectivity index (χ2n) is 7.88. The van der Waals surface area contributed by atoms with Crippen LogP contribution in [0.3, 0.4) is 0 Å². The number of anilines is 2. The molecular formula is C23H31N7O3S. The fourth-order valence-electron chi connectivity index (χ4n) is 3.09. The molecule has 0 radical (unpaired) electrons. The van der Waals surface area contributed by atoms with Gasteiger partial charge in [0.15, 0.2) is 5.13 Å². The van der Waals surface area contributed by atoms with E-state index in [4.69, 9.17) is 5.11 Å². The number of aliphatic hydroxyl groups excluding tert-OH is 2. The molecule has 0 fully saturated rings. The van der Waals surface area contributed by atoms with Crippen molar-refractivity contribution in [2.75, 3.05) is 30.3 Å². The average molecular weight is 486 g/mol. The van der Waals surface area contributed by atoms with E-state index in [1.165, 1.54) is 11.3 Å². The molecule has 2 aromatic heterocycles. The maximum Gasteiger partial charge on any atom is 0.315 e. The zero-order valence-electron chi connectivity index (χ0n) is 19.5. The van der Waals surface area contributed by atoms with E-state index in [1.807, 2.05) is 51.1 Å². The number of thiazole rings is 1. The van der Waals surface area contributed by atoms with Crippen LogP contribution in [0.15, 0.2) is 36.5 Å². The van der Waals surface area contributed by atoms with Gasteiger partial charge < -0.3 is 31.5 Å². The molecule has 6 N–H and O–H groups in total. The van der Waals surface area contributed by atoms with Gasteiger partial charge in [-0.05, 0) is 32.4 Å². The first-order chi connectivity index (χ1) is 16.4. The Balaban J connectivity index is 1.97. The van der Waals surface area contributed by atoms with Gasteiger partial charge in [-0.2, -0.15) is 0 Å². The van der Waals surface area contributed by atoms with Gasteiger partial charge in [0.05, 0.1) is 29.0 Å². The summed E-state index contributed by atoms with van der Waals surface area (Å²) in [5, 5.41) is 31.6. The maximum absolute atomic E-state index is 11.9. The smallest absolute Gasteiger partial charge is 0.315 e. The van der Waals surface area contributed by atoms with Gasteiger partial charge in [-0.1, -0.05) is 35.6 Å². The molecule has 1 atom stereocenters. The SMILES string of the molecule is CCNC(=O)NCc1ccccc1-c1cc(-c2cnc(NC(C)C)s2)nc(NC[C@H](O)CO)n1. The molecular weight excluding hydrogens is 454 g/mol. The summed E-state index contributed by atoms with van der Waals surface area (Å²) in [5.41, 5.74) is 3.07. The number of carbonyl (C=O) groups excluding carboxylic acids is 1. The Morgan fingerprint density at radius 1 is 1.15 bits per heavy atom. The third-order valence-electron chi connectivity index (χ3n) is 4.67. The molecule has 0 aliphatic heterocycles. The largest absolute Gasteiger partial charge is 0.394 e. The van der Waals surface area contributed by atoms with Crippen LogP contribution in [0.4, 0.5) is 15.9 Å². The van der Waals surface area contributed by atoms with E-state index in [-0.39, 0.29) is 25.2 Å². The molecule has 0 unspecified atom stereocenters. The highest BCUT2D eigenvalue weighted by molar-refractivity contribution is 7.18. The minimum atomic E-state index is -0.936. The van der Waals surface area contributed by atoms with E-state index in [9.17, 15) is 9.90 Å². The molecule has 0 saturated carbocycles. The topological polar surface area (TPSA) is 144 Å². The van der Waals surface area contributed by atoms with Crippen LogP contribution in [-0.4, -0.2) is 63.0 Å². The predicted octanol–water partition coefficient (Wildman–Crippen LogP) is 2.67. The summed E-state index contributed by atoms with van der Waals surface area (Å²) >= 11 is 1.48. The number of amides is 2. The van der Waals surface area contributed by atoms with Crippen LogP contribution in [0.2, 0.25) is 0 Å². The molecule has 34 heavy (non-hydrogen) atoms. The summed E-state index contributed by atoms with van der Waals surface area (Å²) in [4.78, 5) is 26.4. The number of aliphatic hydroxyl groups is 2. The first kappa shape index (κ1) is 25.3. The highest BCUT2D eigenvalue weighted by Crippen LogP contribution is 2.32. The fourth-order valence-corrected chi connectivity index (χ4v) is 4.02. The van der Waals surface area contributed by atoms with Crippen molar-refractivity contribution >= 4 is 28.4 Å². The lowest BCUT2D eigenvalue weighted by atomic mass is 10.0. The summed E-state index contributed by atoms with van der Waals surface area (Å²) in [6.45, 7) is 6.56. The van der Waals surface area contributed by atoms with Crippen LogP contribution in [-0.2, 0) is 6.54 Å². The Bertz CT molecular complexity index is 1090. The summed E-state index contributed by atoms with van der Waals surface area (Å²) < 4.78 is 0. The van der Waals surface area contributed by atoms with Crippen molar-refractivity contribution in [3.63, 3.8) is 0 Å². The summed E-state index contributed by atoms with van der Waals surface area (Å²) in [6, 6.07) is 9.58. The molecule has 182 valence electrons. The molecule has 10 nitrogen and oxygen atoms in total. The Morgan fingerprint density at radius 2 is 1.91 bits per heavy atom. The number of hydrogen-bond acceptors (Lipinski definition) is 9. The van der Waals surface area contributed by atoms with Gasteiger partial charge in [0.1, 0.15) is 0 Å². The van der Waals surface area contributed by atoms with Crippen LogP contribution < -0.4 is 21.3 Å². The van der Waals surface area contributed by atoms with E-state index in [1.54, 1.807) is 6.20 Å². The monoisotopic (exact) mass is 485 g/mol. The third-order valence-corrected chi connectivity index (χ3v) is 5.62. The number of nitrogens with zero attached hydrogens (tertiary/aromatic N) is 3. The number of benzene rings is 1. The number of carbonyl (C=O) groups is 1. The highest BCUT2D eigenvalue weighted by Gasteiger charge is 2.15. The highest BCUT2D eigenvalue weighted by atomic mass is 32.1. The van der Waals surface area contributed by atoms with E-state index >= 15 is 0 Å². The van der Waals surface area contributed by atoms with Crippen molar-refractivity contribution in [3.8, 4) is 21.8 Å². The first-order valence-electron chi connectivity index (χ1n) is 11.1. The van der Waals surface area contributed by atoms with E-state index in [2.05, 4.69) is 36.2 Å². The standard InChI is InChI=1S/C23H31N7O3S/c1-4-24-22(33)26-10-15-7-5-6-8-17(15)18-9-19(20-12-27-23(34-20)28-14(2)3)30-21(29-18)25-11-16(32)13-31/h5-9,12,14,16,31-32H,4,10-11,13H2,1-3H3,(H,27,28)(H2,24,26,33)(H,25,29,30)/t16-/m0/s1. The van der Waals surface area contributed by atoms with E-state index < -0.39 is 6.10 Å². The lowest BCUT2D eigenvalue weighted by Gasteiger charge is -2.14. The van der Waals surface area contributed by atoms with Crippen molar-refractivity contribution in [1.82, 2.24) is 25.6 Å². The molecule has 0 aliphatic rings. The minimum Gasteiger partial charge on any atom is -0.394 e. The fraction of sp³-hybridized carbons (Fsp3) is 0.391. The van der Waals surface area contributed by atoms with Crippen LogP contribution in [0.25, 0.3) is 21.8 Å². The second-order valence-corrected chi connectivity index (χ2v) is 8.91. The number of urea groups is 1. The average Bonchev–Trinajstić information content (AvgIpc) is 3.29. The number of hydrogen-bond donors (Lipinski definition) is 6. The number of rotatable bonds is 11. The summed E-state index contributed by atoms with van der Waals surface area (Å²) in [5.74, 6) is 0.318. The maximum atomic E-state index is 11.9. The molecule has 0 bridgehead atoms. The van der Waals surface area contributed by atoms with Gasteiger partial charge in [0, 0.05) is 37.4 Å². The van der Waals surface area contributed by atoms with Crippen LogP contribution >= 0.6 is 11.3 Å². The Labute approximate surface area is 202 Å². The Kier molecular flexibility index (Phi) is 9.14. The predicted molar refractivity (Wildman–Crippen MR) is 135 cm³/mol. The Morgan fingerprint density at radius 3 is 2.65 bits per heavy atom. The van der Waals surface area contributed by atoms with Crippen molar-refractivity contribution < 1.29 is 15.0 Å². The van der Waals surface area contributed by atoms with Gasteiger partial charge in [0.25, 0.3) is 0 Å². The molecule has 0 spiro atoms. The quantitative estimate of drug-likeness (QED) is 0.243. The van der Waals surface area contributed by atoms with Crippen LogP contribution in [0, 0.1) is 0 Å². The van der Waals surface area contributed by atoms with Gasteiger partial charge in [-0.25, -0.2) is 19.7 Å². The second kappa shape index (κ2) is 12.3. The van der Waals surface area contributed by atoms with Gasteiger partial charge in [0.2, 0.25) is 5.95 Å². The zero-order chi connectivity index (χ0) is 24.5. The molecule has 3 rings (SSSR count). The van der Waals surface area contributed by atoms with Crippen LogP contribution in [0.5, 0.6) is 0 Å². The van der Waals surface area contributed by atoms with Crippen molar-refractivity contribution in [2.45, 2.75) is 39.5 Å². The molecule has 0 aliphatic carbocycles. The Hall–Kier alpha value is -3.28. The lowest BCUT2D eigenvalue weighted by molar-refractivity contribution is 0.105.